The molecule has 0 unspecified atom stereocenters. The average Bonchev–Trinajstić information content (AvgIpc) is 2.95. The number of carbonyl (C=O) groups excluding carboxylic acids is 1. The molecule has 0 bridgehead atoms. The van der Waals surface area contributed by atoms with E-state index in [2.05, 4.69) is 4.98 Å². The van der Waals surface area contributed by atoms with Crippen LogP contribution in [0.2, 0.25) is 0 Å². The first-order valence-electron chi connectivity index (χ1n) is 7.53. The third-order valence-electron chi connectivity index (χ3n) is 4.12. The number of carbonyl (C=O) groups is 1. The van der Waals surface area contributed by atoms with Crippen LogP contribution in [0.25, 0.3) is 0 Å². The Kier molecular flexibility index (Phi) is 4.47. The molecule has 1 aromatic heterocycles. The SMILES string of the molecule is O=C(c1cncc(F)c1)N1C[C@@H](O)C[C@H]1c1ccccc1C(F)(F)F. The van der Waals surface area contributed by atoms with E-state index < -0.39 is 35.6 Å². The number of aromatic nitrogens is 1. The van der Waals surface area contributed by atoms with Crippen LogP contribution in [0, 0.1) is 5.82 Å². The number of hydrogen-bond acceptors (Lipinski definition) is 3. The van der Waals surface area contributed by atoms with Crippen LogP contribution in [-0.2, 0) is 6.18 Å². The van der Waals surface area contributed by atoms with Gasteiger partial charge in [-0.3, -0.25) is 9.78 Å². The normalized spacial score (nSPS) is 20.8. The first kappa shape index (κ1) is 17.3. The summed E-state index contributed by atoms with van der Waals surface area (Å²) in [6.45, 7) is -0.133. The number of nitrogens with zero attached hydrogens (tertiary/aromatic N) is 2. The van der Waals surface area contributed by atoms with Crippen molar-refractivity contribution >= 4 is 5.91 Å². The summed E-state index contributed by atoms with van der Waals surface area (Å²) < 4.78 is 53.1. The van der Waals surface area contributed by atoms with Gasteiger partial charge in [-0.25, -0.2) is 4.39 Å². The maximum atomic E-state index is 13.3. The number of rotatable bonds is 2. The number of aliphatic hydroxyl groups is 1. The molecule has 8 heteroatoms. The van der Waals surface area contributed by atoms with Crippen molar-refractivity contribution in [2.45, 2.75) is 24.7 Å². The molecule has 1 amide bonds. The monoisotopic (exact) mass is 354 g/mol. The largest absolute Gasteiger partial charge is 0.416 e. The standard InChI is InChI=1S/C17H14F4N2O2/c18-11-5-10(7-22-8-11)16(25)23-9-12(24)6-15(23)13-3-1-2-4-14(13)17(19,20)21/h1-5,7-8,12,15,24H,6,9H2/t12-,15-/m0/s1. The molecule has 2 heterocycles. The quantitative estimate of drug-likeness (QED) is 0.843. The molecule has 0 saturated carbocycles. The molecule has 4 nitrogen and oxygen atoms in total. The lowest BCUT2D eigenvalue weighted by atomic mass is 9.97. The molecule has 0 radical (unpaired) electrons. The Labute approximate surface area is 140 Å². The number of benzene rings is 1. The fourth-order valence-electron chi connectivity index (χ4n) is 3.07. The number of hydrogen-bond donors (Lipinski definition) is 1. The molecule has 3 rings (SSSR count). The Hall–Kier alpha value is -2.48. The summed E-state index contributed by atoms with van der Waals surface area (Å²) in [4.78, 5) is 17.3. The van der Waals surface area contributed by atoms with Gasteiger partial charge < -0.3 is 10.0 Å². The van der Waals surface area contributed by atoms with E-state index in [-0.39, 0.29) is 24.1 Å². The smallest absolute Gasteiger partial charge is 0.391 e. The number of amides is 1. The minimum absolute atomic E-state index is 0.0262. The number of likely N-dealkylation sites (tertiary alicyclic amines) is 1. The summed E-state index contributed by atoms with van der Waals surface area (Å²) >= 11 is 0. The number of alkyl halides is 3. The Morgan fingerprint density at radius 1 is 1.24 bits per heavy atom. The Bertz CT molecular complexity index is 794. The van der Waals surface area contributed by atoms with E-state index >= 15 is 0 Å². The minimum atomic E-state index is -4.58. The molecule has 1 fully saturated rings. The Morgan fingerprint density at radius 2 is 1.96 bits per heavy atom. The number of β-amino-alcohol motifs (C(OH)–C–C–N with tert-alkyl or cyclic N) is 1. The summed E-state index contributed by atoms with van der Waals surface area (Å²) in [5, 5.41) is 9.91. The van der Waals surface area contributed by atoms with E-state index in [9.17, 15) is 27.5 Å². The van der Waals surface area contributed by atoms with Crippen LogP contribution in [0.3, 0.4) is 0 Å². The zero-order chi connectivity index (χ0) is 18.2. The molecule has 1 saturated heterocycles. The van der Waals surface area contributed by atoms with Crippen molar-refractivity contribution in [1.82, 2.24) is 9.88 Å². The van der Waals surface area contributed by atoms with Crippen LogP contribution in [0.15, 0.2) is 42.7 Å². The fourth-order valence-corrected chi connectivity index (χ4v) is 3.07. The van der Waals surface area contributed by atoms with Crippen molar-refractivity contribution in [3.63, 3.8) is 0 Å². The molecular formula is C17H14F4N2O2. The van der Waals surface area contributed by atoms with Crippen LogP contribution >= 0.6 is 0 Å². The number of aliphatic hydroxyl groups excluding tert-OH is 1. The zero-order valence-electron chi connectivity index (χ0n) is 12.9. The second-order valence-corrected chi connectivity index (χ2v) is 5.84. The Morgan fingerprint density at radius 3 is 2.64 bits per heavy atom. The van der Waals surface area contributed by atoms with Crippen LogP contribution in [0.1, 0.15) is 33.9 Å². The highest BCUT2D eigenvalue weighted by atomic mass is 19.4. The predicted octanol–water partition coefficient (Wildman–Crippen LogP) is 3.19. The highest BCUT2D eigenvalue weighted by molar-refractivity contribution is 5.94. The van der Waals surface area contributed by atoms with Crippen molar-refractivity contribution in [2.75, 3.05) is 6.54 Å². The molecule has 0 aliphatic carbocycles. The predicted molar refractivity (Wildman–Crippen MR) is 80.0 cm³/mol. The van der Waals surface area contributed by atoms with Crippen LogP contribution in [0.4, 0.5) is 17.6 Å². The maximum Gasteiger partial charge on any atom is 0.416 e. The lowest BCUT2D eigenvalue weighted by Gasteiger charge is -2.27. The van der Waals surface area contributed by atoms with Crippen molar-refractivity contribution in [3.8, 4) is 0 Å². The molecular weight excluding hydrogens is 340 g/mol. The van der Waals surface area contributed by atoms with Gasteiger partial charge in [0.25, 0.3) is 5.91 Å². The summed E-state index contributed by atoms with van der Waals surface area (Å²) in [6, 6.07) is 4.94. The van der Waals surface area contributed by atoms with E-state index in [1.165, 1.54) is 18.2 Å². The van der Waals surface area contributed by atoms with Gasteiger partial charge in [-0.2, -0.15) is 13.2 Å². The van der Waals surface area contributed by atoms with Gasteiger partial charge >= 0.3 is 6.18 Å². The second kappa shape index (κ2) is 6.44. The molecule has 2 aromatic rings. The first-order valence-corrected chi connectivity index (χ1v) is 7.53. The highest BCUT2D eigenvalue weighted by Gasteiger charge is 2.41. The molecule has 0 spiro atoms. The van der Waals surface area contributed by atoms with E-state index in [0.717, 1.165) is 29.4 Å². The first-order chi connectivity index (χ1) is 11.8. The summed E-state index contributed by atoms with van der Waals surface area (Å²) in [5.41, 5.74) is -1.03. The van der Waals surface area contributed by atoms with Crippen LogP contribution in [-0.4, -0.2) is 33.5 Å². The van der Waals surface area contributed by atoms with E-state index in [0.29, 0.717) is 0 Å². The zero-order valence-corrected chi connectivity index (χ0v) is 12.9. The van der Waals surface area contributed by atoms with E-state index in [1.54, 1.807) is 0 Å². The molecule has 1 N–H and O–H groups in total. The van der Waals surface area contributed by atoms with Crippen molar-refractivity contribution in [1.29, 1.82) is 0 Å². The molecule has 1 aromatic carbocycles. The topological polar surface area (TPSA) is 53.4 Å². The Balaban J connectivity index is 2.00. The van der Waals surface area contributed by atoms with Crippen molar-refractivity contribution < 1.29 is 27.5 Å². The summed E-state index contributed by atoms with van der Waals surface area (Å²) in [6.07, 6.45) is -3.51. The van der Waals surface area contributed by atoms with Gasteiger partial charge in [0.15, 0.2) is 0 Å². The van der Waals surface area contributed by atoms with Gasteiger partial charge in [-0.15, -0.1) is 0 Å². The van der Waals surface area contributed by atoms with Gasteiger partial charge in [-0.1, -0.05) is 18.2 Å². The van der Waals surface area contributed by atoms with Crippen molar-refractivity contribution in [2.24, 2.45) is 0 Å². The summed E-state index contributed by atoms with van der Waals surface area (Å²) in [5.74, 6) is -1.40. The van der Waals surface area contributed by atoms with Crippen LogP contribution < -0.4 is 0 Å². The van der Waals surface area contributed by atoms with Gasteiger partial charge in [0, 0.05) is 12.7 Å². The number of halogens is 4. The van der Waals surface area contributed by atoms with Gasteiger partial charge in [0.05, 0.1) is 29.5 Å². The third kappa shape index (κ3) is 3.48. The molecule has 1 aliphatic rings. The lowest BCUT2D eigenvalue weighted by molar-refractivity contribution is -0.138. The molecule has 2 atom stereocenters. The summed E-state index contributed by atoms with van der Waals surface area (Å²) in [7, 11) is 0. The highest BCUT2D eigenvalue weighted by Crippen LogP contribution is 2.40. The van der Waals surface area contributed by atoms with Crippen molar-refractivity contribution in [3.05, 3.63) is 65.2 Å². The van der Waals surface area contributed by atoms with E-state index in [1.807, 2.05) is 0 Å². The van der Waals surface area contributed by atoms with Crippen LogP contribution in [0.5, 0.6) is 0 Å². The average molecular weight is 354 g/mol. The van der Waals surface area contributed by atoms with Gasteiger partial charge in [0.2, 0.25) is 0 Å². The lowest BCUT2D eigenvalue weighted by Crippen LogP contribution is -2.32. The minimum Gasteiger partial charge on any atom is -0.391 e. The fraction of sp³-hybridized carbons (Fsp3) is 0.294. The third-order valence-corrected chi connectivity index (χ3v) is 4.12. The molecule has 1 aliphatic heterocycles. The number of pyridine rings is 1. The maximum absolute atomic E-state index is 13.3. The molecule has 25 heavy (non-hydrogen) atoms. The molecule has 132 valence electrons. The van der Waals surface area contributed by atoms with E-state index in [4.69, 9.17) is 0 Å². The van der Waals surface area contributed by atoms with Gasteiger partial charge in [-0.05, 0) is 24.1 Å². The van der Waals surface area contributed by atoms with Gasteiger partial charge in [0.1, 0.15) is 5.82 Å². The second-order valence-electron chi connectivity index (χ2n) is 5.84.